The van der Waals surface area contributed by atoms with Crippen molar-refractivity contribution in [3.05, 3.63) is 11.8 Å². The molecule has 1 heterocycles. The van der Waals surface area contributed by atoms with E-state index in [-0.39, 0.29) is 23.8 Å². The lowest BCUT2D eigenvalue weighted by atomic mass is 10.4. The van der Waals surface area contributed by atoms with Crippen LogP contribution >= 0.6 is 0 Å². The second kappa shape index (κ2) is 5.86. The van der Waals surface area contributed by atoms with Crippen LogP contribution in [0.25, 0.3) is 0 Å². The van der Waals surface area contributed by atoms with Gasteiger partial charge in [-0.1, -0.05) is 0 Å². The van der Waals surface area contributed by atoms with Gasteiger partial charge in [-0.25, -0.2) is 4.79 Å². The maximum atomic E-state index is 11.3. The smallest absolute Gasteiger partial charge is 0.353 e. The first-order valence-electron chi connectivity index (χ1n) is 4.79. The minimum Gasteiger partial charge on any atom is -0.477 e. The first-order valence-corrected chi connectivity index (χ1v) is 4.79. The summed E-state index contributed by atoms with van der Waals surface area (Å²) in [6.45, 7) is 2.72. The van der Waals surface area contributed by atoms with Crippen molar-refractivity contribution in [3.8, 4) is 0 Å². The quantitative estimate of drug-likeness (QED) is 0.613. The number of hydrogen-bond acceptors (Lipinski definition) is 4. The van der Waals surface area contributed by atoms with Crippen LogP contribution in [0.4, 0.5) is 5.82 Å². The summed E-state index contributed by atoms with van der Waals surface area (Å²) in [4.78, 5) is 21.8. The number of amides is 1. The maximum absolute atomic E-state index is 11.3. The Labute approximate surface area is 91.8 Å². The van der Waals surface area contributed by atoms with Crippen LogP contribution in [0.3, 0.4) is 0 Å². The summed E-state index contributed by atoms with van der Waals surface area (Å²) in [7, 11) is 0. The van der Waals surface area contributed by atoms with Crippen molar-refractivity contribution in [1.82, 2.24) is 10.2 Å². The van der Waals surface area contributed by atoms with Crippen LogP contribution in [-0.4, -0.2) is 40.4 Å². The summed E-state index contributed by atoms with van der Waals surface area (Å²) in [5, 5.41) is 17.0. The molecule has 16 heavy (non-hydrogen) atoms. The minimum absolute atomic E-state index is 0.0693. The van der Waals surface area contributed by atoms with E-state index in [2.05, 4.69) is 15.5 Å². The predicted octanol–water partition coefficient (Wildman–Crippen LogP) is 0.473. The highest BCUT2D eigenvalue weighted by Gasteiger charge is 2.09. The zero-order chi connectivity index (χ0) is 12.0. The number of carboxylic acid groups (broad SMARTS) is 1. The first kappa shape index (κ1) is 12.2. The van der Waals surface area contributed by atoms with Crippen LogP contribution in [0.5, 0.6) is 0 Å². The van der Waals surface area contributed by atoms with Crippen LogP contribution in [0.15, 0.2) is 6.07 Å². The summed E-state index contributed by atoms with van der Waals surface area (Å²) in [6, 6.07) is 1.25. The van der Waals surface area contributed by atoms with Gasteiger partial charge in [0.25, 0.3) is 0 Å². The SMILES string of the molecule is CCOCCC(=O)Nc1cc(C(=O)O)[nH]n1. The molecule has 0 saturated heterocycles. The van der Waals surface area contributed by atoms with E-state index in [1.165, 1.54) is 6.07 Å². The van der Waals surface area contributed by atoms with E-state index in [9.17, 15) is 9.59 Å². The highest BCUT2D eigenvalue weighted by Crippen LogP contribution is 2.05. The third-order valence-electron chi connectivity index (χ3n) is 1.75. The van der Waals surface area contributed by atoms with Gasteiger partial charge in [-0.3, -0.25) is 9.89 Å². The Balaban J connectivity index is 2.40. The fraction of sp³-hybridized carbons (Fsp3) is 0.444. The zero-order valence-electron chi connectivity index (χ0n) is 8.82. The summed E-state index contributed by atoms with van der Waals surface area (Å²) in [5.41, 5.74) is -0.0693. The van der Waals surface area contributed by atoms with E-state index in [0.717, 1.165) is 0 Å². The first-order chi connectivity index (χ1) is 7.63. The molecule has 0 aliphatic heterocycles. The summed E-state index contributed by atoms with van der Waals surface area (Å²) in [5.74, 6) is -1.20. The number of carbonyl (C=O) groups is 2. The van der Waals surface area contributed by atoms with Gasteiger partial charge in [0, 0.05) is 12.7 Å². The largest absolute Gasteiger partial charge is 0.477 e. The number of ether oxygens (including phenoxy) is 1. The maximum Gasteiger partial charge on any atom is 0.353 e. The molecule has 1 aromatic rings. The fourth-order valence-corrected chi connectivity index (χ4v) is 1.01. The van der Waals surface area contributed by atoms with Crippen molar-refractivity contribution in [1.29, 1.82) is 0 Å². The molecule has 3 N–H and O–H groups in total. The van der Waals surface area contributed by atoms with Crippen molar-refractivity contribution in [2.75, 3.05) is 18.5 Å². The summed E-state index contributed by atoms with van der Waals surface area (Å²) >= 11 is 0. The molecular weight excluding hydrogens is 214 g/mol. The number of rotatable bonds is 6. The standard InChI is InChI=1S/C9H13N3O4/c1-2-16-4-3-8(13)10-7-5-6(9(14)15)11-12-7/h5H,2-4H2,1H3,(H,14,15)(H2,10,11,12,13). The molecule has 7 heteroatoms. The average molecular weight is 227 g/mol. The molecule has 0 aliphatic rings. The predicted molar refractivity (Wildman–Crippen MR) is 55.3 cm³/mol. The molecule has 0 spiro atoms. The van der Waals surface area contributed by atoms with Gasteiger partial charge >= 0.3 is 5.97 Å². The minimum atomic E-state index is -1.12. The monoisotopic (exact) mass is 227 g/mol. The molecule has 0 aromatic carbocycles. The molecule has 0 radical (unpaired) electrons. The van der Waals surface area contributed by atoms with E-state index in [0.29, 0.717) is 13.2 Å². The van der Waals surface area contributed by atoms with Crippen molar-refractivity contribution in [2.24, 2.45) is 0 Å². The Hall–Kier alpha value is -1.89. The van der Waals surface area contributed by atoms with Crippen LogP contribution in [0.2, 0.25) is 0 Å². The number of anilines is 1. The van der Waals surface area contributed by atoms with Gasteiger partial charge in [0.15, 0.2) is 5.82 Å². The molecule has 0 fully saturated rings. The number of nitrogens with one attached hydrogen (secondary N) is 2. The number of aromatic carboxylic acids is 1. The van der Waals surface area contributed by atoms with E-state index in [1.54, 1.807) is 0 Å². The molecule has 7 nitrogen and oxygen atoms in total. The van der Waals surface area contributed by atoms with Gasteiger partial charge in [-0.15, -0.1) is 0 Å². The highest BCUT2D eigenvalue weighted by atomic mass is 16.5. The number of hydrogen-bond donors (Lipinski definition) is 3. The third kappa shape index (κ3) is 3.70. The number of nitrogens with zero attached hydrogens (tertiary/aromatic N) is 1. The van der Waals surface area contributed by atoms with E-state index < -0.39 is 5.97 Å². The number of carboxylic acids is 1. The molecule has 0 aliphatic carbocycles. The topological polar surface area (TPSA) is 104 Å². The fourth-order valence-electron chi connectivity index (χ4n) is 1.01. The molecule has 1 amide bonds. The van der Waals surface area contributed by atoms with E-state index in [1.807, 2.05) is 6.92 Å². The van der Waals surface area contributed by atoms with E-state index >= 15 is 0 Å². The van der Waals surface area contributed by atoms with Crippen LogP contribution in [-0.2, 0) is 9.53 Å². The lowest BCUT2D eigenvalue weighted by Crippen LogP contribution is -2.14. The molecule has 1 aromatic heterocycles. The second-order valence-corrected chi connectivity index (χ2v) is 2.97. The lowest BCUT2D eigenvalue weighted by molar-refractivity contribution is -0.117. The van der Waals surface area contributed by atoms with Crippen LogP contribution < -0.4 is 5.32 Å². The Morgan fingerprint density at radius 2 is 2.38 bits per heavy atom. The van der Waals surface area contributed by atoms with Crippen molar-refractivity contribution < 1.29 is 19.4 Å². The Kier molecular flexibility index (Phi) is 4.46. The number of aromatic amines is 1. The Morgan fingerprint density at radius 3 is 2.94 bits per heavy atom. The van der Waals surface area contributed by atoms with E-state index in [4.69, 9.17) is 9.84 Å². The second-order valence-electron chi connectivity index (χ2n) is 2.97. The molecule has 0 bridgehead atoms. The van der Waals surface area contributed by atoms with Gasteiger partial charge in [0.1, 0.15) is 5.69 Å². The van der Waals surface area contributed by atoms with Crippen molar-refractivity contribution in [2.45, 2.75) is 13.3 Å². The molecule has 1 rings (SSSR count). The highest BCUT2D eigenvalue weighted by molar-refractivity contribution is 5.92. The zero-order valence-corrected chi connectivity index (χ0v) is 8.82. The third-order valence-corrected chi connectivity index (χ3v) is 1.75. The van der Waals surface area contributed by atoms with Crippen molar-refractivity contribution in [3.63, 3.8) is 0 Å². The summed E-state index contributed by atoms with van der Waals surface area (Å²) < 4.78 is 5.00. The van der Waals surface area contributed by atoms with Gasteiger partial charge < -0.3 is 15.2 Å². The number of aromatic nitrogens is 2. The van der Waals surface area contributed by atoms with Gasteiger partial charge in [0.05, 0.1) is 13.0 Å². The van der Waals surface area contributed by atoms with Gasteiger partial charge in [-0.05, 0) is 6.92 Å². The average Bonchev–Trinajstić information content (AvgIpc) is 2.66. The van der Waals surface area contributed by atoms with Gasteiger partial charge in [-0.2, -0.15) is 5.10 Å². The molecule has 0 saturated carbocycles. The molecule has 88 valence electrons. The number of H-pyrrole nitrogens is 1. The van der Waals surface area contributed by atoms with Crippen LogP contribution in [0, 0.1) is 0 Å². The summed E-state index contributed by atoms with van der Waals surface area (Å²) in [6.07, 6.45) is 0.211. The lowest BCUT2D eigenvalue weighted by Gasteiger charge is -2.01. The normalized spacial score (nSPS) is 10.1. The molecular formula is C9H13N3O4. The Morgan fingerprint density at radius 1 is 1.62 bits per heavy atom. The van der Waals surface area contributed by atoms with Gasteiger partial charge in [0.2, 0.25) is 5.91 Å². The van der Waals surface area contributed by atoms with Crippen molar-refractivity contribution >= 4 is 17.7 Å². The van der Waals surface area contributed by atoms with Crippen LogP contribution in [0.1, 0.15) is 23.8 Å². The molecule has 0 atom stereocenters. The number of carbonyl (C=O) groups excluding carboxylic acids is 1. The Bertz CT molecular complexity index is 375. The molecule has 0 unspecified atom stereocenters.